The van der Waals surface area contributed by atoms with Gasteiger partial charge in [0.2, 0.25) is 0 Å². The first-order valence-electron chi connectivity index (χ1n) is 5.96. The topological polar surface area (TPSA) is 72.7 Å². The molecule has 0 N–H and O–H groups in total. The summed E-state index contributed by atoms with van der Waals surface area (Å²) in [7, 11) is 3.48. The lowest BCUT2D eigenvalue weighted by Crippen LogP contribution is -2.21. The average Bonchev–Trinajstić information content (AvgIpc) is 2.38. The van der Waals surface area contributed by atoms with Crippen molar-refractivity contribution in [2.24, 2.45) is 0 Å². The minimum atomic E-state index is -0.499. The number of benzene rings is 1. The molecule has 0 aliphatic rings. The van der Waals surface area contributed by atoms with Gasteiger partial charge in [-0.25, -0.2) is 0 Å². The van der Waals surface area contributed by atoms with Crippen LogP contribution < -0.4 is 4.90 Å². The fourth-order valence-electron chi connectivity index (χ4n) is 1.82. The second kappa shape index (κ2) is 6.84. The van der Waals surface area contributed by atoms with Gasteiger partial charge in [0.1, 0.15) is 0 Å². The number of methoxy groups -OCH3 is 1. The molecule has 1 aromatic carbocycles. The molecule has 6 heteroatoms. The van der Waals surface area contributed by atoms with Crippen LogP contribution in [0.5, 0.6) is 0 Å². The van der Waals surface area contributed by atoms with Crippen molar-refractivity contribution < 1.29 is 14.5 Å². The lowest BCUT2D eigenvalue weighted by molar-refractivity contribution is -0.384. The zero-order valence-corrected chi connectivity index (χ0v) is 11.4. The van der Waals surface area contributed by atoms with Gasteiger partial charge < -0.3 is 9.64 Å². The molecule has 0 aliphatic carbocycles. The molecule has 0 aromatic heterocycles. The first-order chi connectivity index (χ1) is 8.97. The van der Waals surface area contributed by atoms with Crippen molar-refractivity contribution in [2.45, 2.75) is 13.3 Å². The zero-order chi connectivity index (χ0) is 14.4. The Kier molecular flexibility index (Phi) is 5.44. The Morgan fingerprint density at radius 1 is 1.47 bits per heavy atom. The van der Waals surface area contributed by atoms with Gasteiger partial charge in [-0.15, -0.1) is 0 Å². The number of anilines is 1. The van der Waals surface area contributed by atoms with Gasteiger partial charge in [0.25, 0.3) is 5.69 Å². The lowest BCUT2D eigenvalue weighted by Gasteiger charge is -2.21. The number of carbonyl (C=O) groups excluding carboxylic acids is 1. The molecule has 0 bridgehead atoms. The Bertz CT molecular complexity index is 474. The molecule has 0 unspecified atom stereocenters. The number of nitro groups is 1. The molecule has 0 atom stereocenters. The van der Waals surface area contributed by atoms with E-state index in [0.29, 0.717) is 24.4 Å². The highest BCUT2D eigenvalue weighted by molar-refractivity contribution is 6.00. The van der Waals surface area contributed by atoms with Crippen LogP contribution in [0.2, 0.25) is 0 Å². The van der Waals surface area contributed by atoms with E-state index in [2.05, 4.69) is 0 Å². The number of ether oxygens (including phenoxy) is 1. The average molecular weight is 266 g/mol. The third-order valence-electron chi connectivity index (χ3n) is 2.82. The molecule has 0 amide bonds. The number of Topliss-reactive ketones (excluding diaryl/α,β-unsaturated/α-hetero) is 1. The second-order valence-electron chi connectivity index (χ2n) is 4.28. The molecule has 0 saturated heterocycles. The highest BCUT2D eigenvalue weighted by Gasteiger charge is 2.16. The van der Waals surface area contributed by atoms with Crippen LogP contribution in [0.3, 0.4) is 0 Å². The smallest absolute Gasteiger partial charge is 0.270 e. The number of carbonyl (C=O) groups is 1. The van der Waals surface area contributed by atoms with E-state index in [9.17, 15) is 14.9 Å². The van der Waals surface area contributed by atoms with E-state index in [1.54, 1.807) is 13.2 Å². The first kappa shape index (κ1) is 15.1. The van der Waals surface area contributed by atoms with Crippen LogP contribution >= 0.6 is 0 Å². The summed E-state index contributed by atoms with van der Waals surface area (Å²) in [4.78, 5) is 23.7. The van der Waals surface area contributed by atoms with Gasteiger partial charge in [-0.1, -0.05) is 0 Å². The molecule has 104 valence electrons. The highest BCUT2D eigenvalue weighted by Crippen LogP contribution is 2.25. The maximum absolute atomic E-state index is 11.6. The molecular weight excluding hydrogens is 248 g/mol. The molecule has 0 aliphatic heterocycles. The Labute approximate surface area is 112 Å². The van der Waals surface area contributed by atoms with E-state index >= 15 is 0 Å². The molecule has 0 heterocycles. The van der Waals surface area contributed by atoms with Gasteiger partial charge >= 0.3 is 0 Å². The largest absolute Gasteiger partial charge is 0.385 e. The number of nitrogens with zero attached hydrogens (tertiary/aromatic N) is 2. The summed E-state index contributed by atoms with van der Waals surface area (Å²) in [5, 5.41) is 10.7. The first-order valence-corrected chi connectivity index (χ1v) is 5.96. The molecule has 1 rings (SSSR count). The van der Waals surface area contributed by atoms with E-state index in [4.69, 9.17) is 4.74 Å². The summed E-state index contributed by atoms with van der Waals surface area (Å²) < 4.78 is 4.97. The maximum Gasteiger partial charge on any atom is 0.270 e. The monoisotopic (exact) mass is 266 g/mol. The van der Waals surface area contributed by atoms with E-state index in [-0.39, 0.29) is 11.5 Å². The molecule has 0 radical (unpaired) electrons. The van der Waals surface area contributed by atoms with Crippen LogP contribution in [0.1, 0.15) is 23.7 Å². The van der Waals surface area contributed by atoms with E-state index < -0.39 is 4.92 Å². The molecule has 0 saturated carbocycles. The third-order valence-corrected chi connectivity index (χ3v) is 2.82. The molecule has 1 aromatic rings. The molecule has 0 fully saturated rings. The van der Waals surface area contributed by atoms with Gasteiger partial charge in [-0.05, 0) is 19.4 Å². The van der Waals surface area contributed by atoms with E-state index in [1.165, 1.54) is 19.1 Å². The van der Waals surface area contributed by atoms with Crippen LogP contribution in [-0.2, 0) is 4.74 Å². The SMILES string of the molecule is COCCCN(C)c1ccc([N+](=O)[O-])cc1C(C)=O. The summed E-state index contributed by atoms with van der Waals surface area (Å²) >= 11 is 0. The second-order valence-corrected chi connectivity index (χ2v) is 4.28. The molecular formula is C13H18N2O4. The van der Waals surface area contributed by atoms with Crippen LogP contribution in [0.25, 0.3) is 0 Å². The van der Waals surface area contributed by atoms with Crippen LogP contribution in [0.15, 0.2) is 18.2 Å². The third kappa shape index (κ3) is 4.03. The Morgan fingerprint density at radius 2 is 2.16 bits per heavy atom. The summed E-state index contributed by atoms with van der Waals surface area (Å²) in [6.07, 6.45) is 0.821. The van der Waals surface area contributed by atoms with E-state index in [0.717, 1.165) is 6.42 Å². The van der Waals surface area contributed by atoms with Gasteiger partial charge in [-0.2, -0.15) is 0 Å². The number of non-ortho nitro benzene ring substituents is 1. The number of rotatable bonds is 7. The van der Waals surface area contributed by atoms with Crippen molar-refractivity contribution in [1.29, 1.82) is 0 Å². The van der Waals surface area contributed by atoms with Crippen molar-refractivity contribution in [2.75, 3.05) is 32.2 Å². The van der Waals surface area contributed by atoms with Gasteiger partial charge in [0.05, 0.1) is 4.92 Å². The van der Waals surface area contributed by atoms with Crippen molar-refractivity contribution in [3.05, 3.63) is 33.9 Å². The van der Waals surface area contributed by atoms with Gasteiger partial charge in [0.15, 0.2) is 5.78 Å². The quantitative estimate of drug-likeness (QED) is 0.327. The standard InChI is InChI=1S/C13H18N2O4/c1-10(16)12-9-11(15(17)18)5-6-13(12)14(2)7-4-8-19-3/h5-6,9H,4,7-8H2,1-3H3. The number of hydrogen-bond donors (Lipinski definition) is 0. The normalized spacial score (nSPS) is 10.3. The van der Waals surface area contributed by atoms with Crippen LogP contribution in [-0.4, -0.2) is 38.0 Å². The van der Waals surface area contributed by atoms with Crippen molar-refractivity contribution in [3.63, 3.8) is 0 Å². The fourth-order valence-corrected chi connectivity index (χ4v) is 1.82. The number of ketones is 1. The summed E-state index contributed by atoms with van der Waals surface area (Å²) in [5.41, 5.74) is 1.00. The summed E-state index contributed by atoms with van der Waals surface area (Å²) in [5.74, 6) is -0.183. The Hall–Kier alpha value is -1.95. The summed E-state index contributed by atoms with van der Waals surface area (Å²) in [6.45, 7) is 2.75. The van der Waals surface area contributed by atoms with Crippen molar-refractivity contribution >= 4 is 17.2 Å². The minimum Gasteiger partial charge on any atom is -0.385 e. The highest BCUT2D eigenvalue weighted by atomic mass is 16.6. The maximum atomic E-state index is 11.6. The van der Waals surface area contributed by atoms with Gasteiger partial charge in [-0.3, -0.25) is 14.9 Å². The molecule has 19 heavy (non-hydrogen) atoms. The summed E-state index contributed by atoms with van der Waals surface area (Å²) in [6, 6.07) is 4.35. The van der Waals surface area contributed by atoms with Gasteiger partial charge in [0, 0.05) is 50.7 Å². The van der Waals surface area contributed by atoms with Crippen molar-refractivity contribution in [1.82, 2.24) is 0 Å². The minimum absolute atomic E-state index is 0.0701. The zero-order valence-electron chi connectivity index (χ0n) is 11.4. The molecule has 0 spiro atoms. The van der Waals surface area contributed by atoms with Crippen LogP contribution in [0.4, 0.5) is 11.4 Å². The predicted molar refractivity (Wildman–Crippen MR) is 72.9 cm³/mol. The van der Waals surface area contributed by atoms with Crippen molar-refractivity contribution in [3.8, 4) is 0 Å². The number of hydrogen-bond acceptors (Lipinski definition) is 5. The van der Waals surface area contributed by atoms with E-state index in [1.807, 2.05) is 11.9 Å². The lowest BCUT2D eigenvalue weighted by atomic mass is 10.1. The fraction of sp³-hybridized carbons (Fsp3) is 0.462. The molecule has 6 nitrogen and oxygen atoms in total. The number of nitro benzene ring substituents is 1. The predicted octanol–water partition coefficient (Wildman–Crippen LogP) is 2.27. The Balaban J connectivity index is 2.99. The van der Waals surface area contributed by atoms with Crippen LogP contribution in [0, 0.1) is 10.1 Å². The Morgan fingerprint density at radius 3 is 2.68 bits per heavy atom.